The van der Waals surface area contributed by atoms with Crippen LogP contribution in [0.2, 0.25) is 0 Å². The highest BCUT2D eigenvalue weighted by atomic mass is 32.1. The Labute approximate surface area is 225 Å². The van der Waals surface area contributed by atoms with Crippen LogP contribution in [0.3, 0.4) is 0 Å². The molecule has 1 aromatic heterocycles. The Morgan fingerprint density at radius 3 is 2.49 bits per heavy atom. The Kier molecular flexibility index (Phi) is 7.14. The maximum absolute atomic E-state index is 13.9. The van der Waals surface area contributed by atoms with Crippen molar-refractivity contribution in [2.24, 2.45) is 4.99 Å². The van der Waals surface area contributed by atoms with Crippen molar-refractivity contribution in [2.75, 3.05) is 13.7 Å². The van der Waals surface area contributed by atoms with Crippen LogP contribution in [0.1, 0.15) is 30.5 Å². The first-order valence-electron chi connectivity index (χ1n) is 12.1. The van der Waals surface area contributed by atoms with Gasteiger partial charge in [-0.15, -0.1) is 0 Å². The third-order valence-electron chi connectivity index (χ3n) is 6.36. The lowest BCUT2D eigenvalue weighted by atomic mass is 9.95. The Bertz CT molecular complexity index is 1770. The lowest BCUT2D eigenvalue weighted by Crippen LogP contribution is -2.40. The molecule has 0 N–H and O–H groups in total. The quantitative estimate of drug-likeness (QED) is 0.320. The van der Waals surface area contributed by atoms with Crippen LogP contribution in [-0.4, -0.2) is 30.4 Å². The number of hydrogen-bond acceptors (Lipinski definition) is 6. The average Bonchev–Trinajstić information content (AvgIpc) is 3.25. The number of fused-ring (bicyclic) bond motifs is 2. The second kappa shape index (κ2) is 10.5. The molecule has 6 nitrogen and oxygen atoms in total. The van der Waals surface area contributed by atoms with Gasteiger partial charge in [0.1, 0.15) is 5.75 Å². The predicted octanol–water partition coefficient (Wildman–Crippen LogP) is 4.89. The van der Waals surface area contributed by atoms with Crippen molar-refractivity contribution >= 4 is 34.2 Å². The van der Waals surface area contributed by atoms with Gasteiger partial charge in [-0.05, 0) is 34.9 Å². The standard InChI is InChI=1S/C29H23F3N2O4S/c1-3-21-24(27(36)37-2)25(18-10-5-4-6-11-18)34-26(35)23(39-28(34)33-21)15-20-19-12-8-7-9-17(19)13-14-22(20)38-16-29(30,31)32/h4-15,25H,3,16H2,1-2H3/b23-15-/t25-/m1/s1. The maximum Gasteiger partial charge on any atom is 0.422 e. The third-order valence-corrected chi connectivity index (χ3v) is 7.35. The summed E-state index contributed by atoms with van der Waals surface area (Å²) < 4.78 is 50.9. The van der Waals surface area contributed by atoms with Gasteiger partial charge in [0.15, 0.2) is 11.4 Å². The number of aromatic nitrogens is 1. The summed E-state index contributed by atoms with van der Waals surface area (Å²) in [6.45, 7) is 0.391. The predicted molar refractivity (Wildman–Crippen MR) is 142 cm³/mol. The summed E-state index contributed by atoms with van der Waals surface area (Å²) in [6.07, 6.45) is -2.57. The number of allylic oxidation sites excluding steroid dienone is 1. The molecule has 0 unspecified atom stereocenters. The molecule has 1 atom stereocenters. The molecule has 3 aromatic carbocycles. The summed E-state index contributed by atoms with van der Waals surface area (Å²) in [4.78, 5) is 31.8. The zero-order valence-electron chi connectivity index (χ0n) is 21.0. The summed E-state index contributed by atoms with van der Waals surface area (Å²) in [5, 5.41) is 1.41. The topological polar surface area (TPSA) is 69.9 Å². The van der Waals surface area contributed by atoms with Crippen LogP contribution in [0.5, 0.6) is 5.75 Å². The van der Waals surface area contributed by atoms with E-state index in [1.165, 1.54) is 23.8 Å². The number of methoxy groups -OCH3 is 1. The van der Waals surface area contributed by atoms with Gasteiger partial charge in [-0.1, -0.05) is 78.9 Å². The first-order valence-corrected chi connectivity index (χ1v) is 12.9. The lowest BCUT2D eigenvalue weighted by molar-refractivity contribution is -0.153. The number of ether oxygens (including phenoxy) is 2. The molecule has 0 saturated carbocycles. The van der Waals surface area contributed by atoms with Gasteiger partial charge in [0.25, 0.3) is 5.56 Å². The second-order valence-corrected chi connectivity index (χ2v) is 9.81. The van der Waals surface area contributed by atoms with Crippen molar-refractivity contribution in [1.82, 2.24) is 4.57 Å². The number of alkyl halides is 3. The van der Waals surface area contributed by atoms with Gasteiger partial charge >= 0.3 is 12.1 Å². The normalized spacial score (nSPS) is 15.7. The summed E-state index contributed by atoms with van der Waals surface area (Å²) in [7, 11) is 1.28. The Hall–Kier alpha value is -4.18. The van der Waals surface area contributed by atoms with Crippen LogP contribution in [0.4, 0.5) is 13.2 Å². The van der Waals surface area contributed by atoms with E-state index in [-0.39, 0.29) is 15.9 Å². The van der Waals surface area contributed by atoms with Gasteiger partial charge in [0.05, 0.1) is 29.0 Å². The molecule has 0 saturated heterocycles. The van der Waals surface area contributed by atoms with Crippen molar-refractivity contribution in [3.05, 3.63) is 109 Å². The van der Waals surface area contributed by atoms with Crippen LogP contribution in [0, 0.1) is 0 Å². The highest BCUT2D eigenvalue weighted by Gasteiger charge is 2.34. The monoisotopic (exact) mass is 552 g/mol. The largest absolute Gasteiger partial charge is 0.483 e. The summed E-state index contributed by atoms with van der Waals surface area (Å²) >= 11 is 1.10. The summed E-state index contributed by atoms with van der Waals surface area (Å²) in [6, 6.07) is 18.6. The minimum absolute atomic E-state index is 0.000895. The third kappa shape index (κ3) is 5.12. The number of thiazole rings is 1. The molecule has 5 rings (SSSR count). The number of nitrogens with zero attached hydrogens (tertiary/aromatic N) is 2. The van der Waals surface area contributed by atoms with Crippen LogP contribution >= 0.6 is 11.3 Å². The molecule has 2 heterocycles. The van der Waals surface area contributed by atoms with E-state index in [1.807, 2.05) is 49.4 Å². The number of hydrogen-bond donors (Lipinski definition) is 0. The van der Waals surface area contributed by atoms with E-state index >= 15 is 0 Å². The van der Waals surface area contributed by atoms with E-state index in [9.17, 15) is 22.8 Å². The molecule has 1 aliphatic rings. The SMILES string of the molecule is CCC1=C(C(=O)OC)[C@@H](c2ccccc2)n2c(s/c(=C\c3c(OCC(F)(F)F)ccc4ccccc34)c2=O)=N1. The van der Waals surface area contributed by atoms with Gasteiger partial charge in [-0.25, -0.2) is 9.79 Å². The fourth-order valence-corrected chi connectivity index (χ4v) is 5.66. The zero-order chi connectivity index (χ0) is 27.7. The molecule has 1 aliphatic heterocycles. The minimum Gasteiger partial charge on any atom is -0.483 e. The Morgan fingerprint density at radius 1 is 1.08 bits per heavy atom. The number of rotatable bonds is 6. The molecule has 0 aliphatic carbocycles. The molecule has 0 bridgehead atoms. The van der Waals surface area contributed by atoms with Crippen LogP contribution < -0.4 is 19.6 Å². The molecule has 200 valence electrons. The molecule has 0 amide bonds. The van der Waals surface area contributed by atoms with Gasteiger partial charge in [-0.3, -0.25) is 9.36 Å². The average molecular weight is 553 g/mol. The Morgan fingerprint density at radius 2 is 1.79 bits per heavy atom. The van der Waals surface area contributed by atoms with Crippen molar-refractivity contribution in [2.45, 2.75) is 25.6 Å². The van der Waals surface area contributed by atoms with Gasteiger partial charge < -0.3 is 9.47 Å². The smallest absolute Gasteiger partial charge is 0.422 e. The van der Waals surface area contributed by atoms with Crippen molar-refractivity contribution < 1.29 is 27.4 Å². The molecular weight excluding hydrogens is 529 g/mol. The second-order valence-electron chi connectivity index (χ2n) is 8.80. The first-order chi connectivity index (χ1) is 18.7. The van der Waals surface area contributed by atoms with E-state index in [1.54, 1.807) is 18.2 Å². The lowest BCUT2D eigenvalue weighted by Gasteiger charge is -2.25. The molecule has 39 heavy (non-hydrogen) atoms. The first kappa shape index (κ1) is 26.4. The van der Waals surface area contributed by atoms with E-state index in [4.69, 9.17) is 9.47 Å². The molecule has 0 spiro atoms. The minimum atomic E-state index is -4.53. The molecule has 10 heteroatoms. The molecular formula is C29H23F3N2O4S. The van der Waals surface area contributed by atoms with E-state index < -0.39 is 30.4 Å². The summed E-state index contributed by atoms with van der Waals surface area (Å²) in [5.41, 5.74) is 1.39. The van der Waals surface area contributed by atoms with Crippen LogP contribution in [-0.2, 0) is 9.53 Å². The van der Waals surface area contributed by atoms with Crippen molar-refractivity contribution in [1.29, 1.82) is 0 Å². The Balaban J connectivity index is 1.77. The van der Waals surface area contributed by atoms with E-state index in [2.05, 4.69) is 4.99 Å². The number of carbonyl (C=O) groups is 1. The van der Waals surface area contributed by atoms with Gasteiger partial charge in [0.2, 0.25) is 0 Å². The highest BCUT2D eigenvalue weighted by Crippen LogP contribution is 2.33. The fraction of sp³-hybridized carbons (Fsp3) is 0.207. The zero-order valence-corrected chi connectivity index (χ0v) is 21.8. The molecule has 4 aromatic rings. The summed E-state index contributed by atoms with van der Waals surface area (Å²) in [5.74, 6) is -0.586. The molecule has 0 radical (unpaired) electrons. The highest BCUT2D eigenvalue weighted by molar-refractivity contribution is 7.07. The maximum atomic E-state index is 13.9. The van der Waals surface area contributed by atoms with E-state index in [0.29, 0.717) is 33.4 Å². The number of carbonyl (C=O) groups excluding carboxylic acids is 1. The van der Waals surface area contributed by atoms with Crippen LogP contribution in [0.15, 0.2) is 87.8 Å². The van der Waals surface area contributed by atoms with Gasteiger partial charge in [-0.2, -0.15) is 13.2 Å². The number of halogens is 3. The van der Waals surface area contributed by atoms with Crippen molar-refractivity contribution in [3.63, 3.8) is 0 Å². The fourth-order valence-electron chi connectivity index (χ4n) is 4.66. The van der Waals surface area contributed by atoms with E-state index in [0.717, 1.165) is 16.7 Å². The number of esters is 1. The van der Waals surface area contributed by atoms with Gasteiger partial charge in [0, 0.05) is 5.56 Å². The van der Waals surface area contributed by atoms with Crippen molar-refractivity contribution in [3.8, 4) is 5.75 Å². The van der Waals surface area contributed by atoms with Crippen LogP contribution in [0.25, 0.3) is 16.8 Å². The molecule has 0 fully saturated rings. The number of benzene rings is 3.